The molecule has 0 fully saturated rings. The molecule has 1 amide bonds. The molecule has 1 aromatic rings. The largest absolute Gasteiger partial charge is 0.508 e. The number of hydrogen-bond acceptors (Lipinski definition) is 3. The Kier molecular flexibility index (Phi) is 6.02. The van der Waals surface area contributed by atoms with Gasteiger partial charge in [-0.25, -0.2) is 0 Å². The Morgan fingerprint density at radius 3 is 2.35 bits per heavy atom. The van der Waals surface area contributed by atoms with E-state index < -0.39 is 5.60 Å². The van der Waals surface area contributed by atoms with E-state index in [-0.39, 0.29) is 18.2 Å². The predicted molar refractivity (Wildman–Crippen MR) is 79.9 cm³/mol. The van der Waals surface area contributed by atoms with Gasteiger partial charge < -0.3 is 15.5 Å². The number of phenols is 1. The molecule has 0 saturated heterocycles. The van der Waals surface area contributed by atoms with E-state index in [2.05, 4.69) is 5.32 Å². The fourth-order valence-corrected chi connectivity index (χ4v) is 2.33. The number of aromatic hydroxyl groups is 1. The molecule has 1 aromatic carbocycles. The number of nitrogens with one attached hydrogen (secondary N) is 1. The third-order valence-corrected chi connectivity index (χ3v) is 3.48. The minimum atomic E-state index is -0.841. The van der Waals surface area contributed by atoms with Gasteiger partial charge >= 0.3 is 0 Å². The van der Waals surface area contributed by atoms with Gasteiger partial charge in [0.2, 0.25) is 0 Å². The molecule has 0 spiro atoms. The van der Waals surface area contributed by atoms with Gasteiger partial charge in [-0.05, 0) is 37.5 Å². The fourth-order valence-electron chi connectivity index (χ4n) is 2.33. The Balaban J connectivity index is 2.67. The Labute approximate surface area is 120 Å². The summed E-state index contributed by atoms with van der Waals surface area (Å²) >= 11 is 0. The molecule has 0 heterocycles. The van der Waals surface area contributed by atoms with Gasteiger partial charge in [-0.3, -0.25) is 4.79 Å². The maximum absolute atomic E-state index is 12.0. The number of carbonyl (C=O) groups excluding carboxylic acids is 1. The summed E-state index contributed by atoms with van der Waals surface area (Å²) < 4.78 is 0. The van der Waals surface area contributed by atoms with Gasteiger partial charge in [-0.15, -0.1) is 0 Å². The maximum Gasteiger partial charge on any atom is 0.251 e. The minimum Gasteiger partial charge on any atom is -0.508 e. The summed E-state index contributed by atoms with van der Waals surface area (Å²) in [7, 11) is 0. The number of rotatable bonds is 7. The van der Waals surface area contributed by atoms with Gasteiger partial charge in [0, 0.05) is 12.1 Å². The van der Waals surface area contributed by atoms with Crippen LogP contribution < -0.4 is 5.32 Å². The summed E-state index contributed by atoms with van der Waals surface area (Å²) in [5.41, 5.74) is 0.296. The Morgan fingerprint density at radius 1 is 1.25 bits per heavy atom. The average Bonchev–Trinajstić information content (AvgIpc) is 2.40. The Morgan fingerprint density at radius 2 is 1.85 bits per heavy atom. The fraction of sp³-hybridized carbons (Fsp3) is 0.562. The number of phenolic OH excluding ortho intramolecular Hbond substituents is 1. The second-order valence-corrected chi connectivity index (χ2v) is 5.41. The number of amides is 1. The smallest absolute Gasteiger partial charge is 0.251 e. The summed E-state index contributed by atoms with van der Waals surface area (Å²) in [6.45, 7) is 6.04. The van der Waals surface area contributed by atoms with Crippen LogP contribution in [-0.4, -0.2) is 28.3 Å². The normalized spacial score (nSPS) is 11.4. The van der Waals surface area contributed by atoms with Crippen molar-refractivity contribution in [1.29, 1.82) is 0 Å². The van der Waals surface area contributed by atoms with Crippen LogP contribution in [0.2, 0.25) is 0 Å². The van der Waals surface area contributed by atoms with Crippen molar-refractivity contribution in [2.24, 2.45) is 0 Å². The van der Waals surface area contributed by atoms with Crippen LogP contribution in [-0.2, 0) is 0 Å². The molecule has 4 nitrogen and oxygen atoms in total. The molecule has 0 aromatic heterocycles. The van der Waals surface area contributed by atoms with E-state index in [1.807, 2.05) is 13.8 Å². The number of benzene rings is 1. The molecule has 0 aliphatic rings. The quantitative estimate of drug-likeness (QED) is 0.719. The van der Waals surface area contributed by atoms with Crippen molar-refractivity contribution in [3.8, 4) is 5.75 Å². The van der Waals surface area contributed by atoms with Crippen molar-refractivity contribution in [1.82, 2.24) is 5.32 Å². The van der Waals surface area contributed by atoms with Crippen molar-refractivity contribution >= 4 is 5.91 Å². The van der Waals surface area contributed by atoms with Crippen LogP contribution in [0, 0.1) is 6.92 Å². The molecule has 20 heavy (non-hydrogen) atoms. The van der Waals surface area contributed by atoms with E-state index in [0.717, 1.165) is 18.4 Å². The molecule has 0 saturated carbocycles. The lowest BCUT2D eigenvalue weighted by molar-refractivity contribution is 0.0213. The second kappa shape index (κ2) is 7.29. The highest BCUT2D eigenvalue weighted by Crippen LogP contribution is 2.20. The lowest BCUT2D eigenvalue weighted by Gasteiger charge is -2.27. The minimum absolute atomic E-state index is 0.107. The van der Waals surface area contributed by atoms with Crippen LogP contribution in [0.3, 0.4) is 0 Å². The standard InChI is InChI=1S/C16H25NO3/c1-4-8-16(20,9-5-2)11-17-15(19)13-7-6-12(3)14(18)10-13/h6-7,10,18,20H,4-5,8-9,11H2,1-3H3,(H,17,19). The van der Waals surface area contributed by atoms with Crippen molar-refractivity contribution in [2.45, 2.75) is 52.1 Å². The summed E-state index contributed by atoms with van der Waals surface area (Å²) in [4.78, 5) is 12.0. The third-order valence-electron chi connectivity index (χ3n) is 3.48. The Hall–Kier alpha value is -1.55. The molecule has 112 valence electrons. The highest BCUT2D eigenvalue weighted by Gasteiger charge is 2.25. The van der Waals surface area contributed by atoms with Crippen LogP contribution in [0.25, 0.3) is 0 Å². The SMILES string of the molecule is CCCC(O)(CCC)CNC(=O)c1ccc(C)c(O)c1. The molecule has 0 bridgehead atoms. The van der Waals surface area contributed by atoms with Crippen molar-refractivity contribution in [3.05, 3.63) is 29.3 Å². The molecule has 3 N–H and O–H groups in total. The third kappa shape index (κ3) is 4.53. The predicted octanol–water partition coefficient (Wildman–Crippen LogP) is 2.76. The van der Waals surface area contributed by atoms with E-state index in [4.69, 9.17) is 0 Å². The Bertz CT molecular complexity index is 451. The van der Waals surface area contributed by atoms with Gasteiger partial charge in [0.15, 0.2) is 0 Å². The zero-order chi connectivity index (χ0) is 15.2. The highest BCUT2D eigenvalue weighted by molar-refractivity contribution is 5.94. The van der Waals surface area contributed by atoms with Crippen molar-refractivity contribution < 1.29 is 15.0 Å². The number of aryl methyl sites for hydroxylation is 1. The zero-order valence-electron chi connectivity index (χ0n) is 12.6. The van der Waals surface area contributed by atoms with Gasteiger partial charge in [-0.1, -0.05) is 32.8 Å². The molecule has 0 unspecified atom stereocenters. The summed E-state index contributed by atoms with van der Waals surface area (Å²) in [5.74, 6) is -0.166. The van der Waals surface area contributed by atoms with Gasteiger partial charge in [-0.2, -0.15) is 0 Å². The first-order valence-corrected chi connectivity index (χ1v) is 7.22. The van der Waals surface area contributed by atoms with Crippen LogP contribution in [0.5, 0.6) is 5.75 Å². The number of aliphatic hydroxyl groups is 1. The van der Waals surface area contributed by atoms with E-state index in [0.29, 0.717) is 18.4 Å². The summed E-state index contributed by atoms with van der Waals surface area (Å²) in [5, 5.41) is 22.8. The monoisotopic (exact) mass is 279 g/mol. The molecule has 0 aliphatic heterocycles. The van der Waals surface area contributed by atoms with Gasteiger partial charge in [0.1, 0.15) is 5.75 Å². The van der Waals surface area contributed by atoms with Gasteiger partial charge in [0.05, 0.1) is 5.60 Å². The summed E-state index contributed by atoms with van der Waals surface area (Å²) in [6, 6.07) is 4.82. The van der Waals surface area contributed by atoms with Crippen LogP contribution in [0.15, 0.2) is 18.2 Å². The molecule has 0 atom stereocenters. The maximum atomic E-state index is 12.0. The molecular weight excluding hydrogens is 254 g/mol. The van der Waals surface area contributed by atoms with Crippen molar-refractivity contribution in [2.75, 3.05) is 6.54 Å². The van der Waals surface area contributed by atoms with E-state index in [1.54, 1.807) is 19.1 Å². The molecule has 4 heteroatoms. The zero-order valence-corrected chi connectivity index (χ0v) is 12.6. The van der Waals surface area contributed by atoms with Crippen molar-refractivity contribution in [3.63, 3.8) is 0 Å². The van der Waals surface area contributed by atoms with E-state index >= 15 is 0 Å². The topological polar surface area (TPSA) is 69.6 Å². The first-order chi connectivity index (χ1) is 9.41. The second-order valence-electron chi connectivity index (χ2n) is 5.41. The number of hydrogen-bond donors (Lipinski definition) is 3. The van der Waals surface area contributed by atoms with Crippen LogP contribution in [0.4, 0.5) is 0 Å². The van der Waals surface area contributed by atoms with E-state index in [1.165, 1.54) is 6.07 Å². The summed E-state index contributed by atoms with van der Waals surface area (Å²) in [6.07, 6.45) is 3.08. The molecular formula is C16H25NO3. The number of carbonyl (C=O) groups is 1. The average molecular weight is 279 g/mol. The van der Waals surface area contributed by atoms with E-state index in [9.17, 15) is 15.0 Å². The van der Waals surface area contributed by atoms with Crippen LogP contribution >= 0.6 is 0 Å². The first kappa shape index (κ1) is 16.5. The molecule has 0 aliphatic carbocycles. The lowest BCUT2D eigenvalue weighted by Crippen LogP contribution is -2.42. The molecule has 0 radical (unpaired) electrons. The first-order valence-electron chi connectivity index (χ1n) is 7.22. The molecule has 1 rings (SSSR count). The van der Waals surface area contributed by atoms with Crippen LogP contribution in [0.1, 0.15) is 55.5 Å². The van der Waals surface area contributed by atoms with Gasteiger partial charge in [0.25, 0.3) is 5.91 Å². The lowest BCUT2D eigenvalue weighted by atomic mass is 9.92. The highest BCUT2D eigenvalue weighted by atomic mass is 16.3.